The minimum Gasteiger partial charge on any atom is -0.383 e. The average molecular weight is 408 g/mol. The molecule has 4 rings (SSSR count). The second-order valence-electron chi connectivity index (χ2n) is 7.10. The van der Waals surface area contributed by atoms with Crippen LogP contribution in [0.15, 0.2) is 42.5 Å². The standard InChI is InChI=1S/C22H25N5OS/c1-28-13-8-24-18-7-6-17(15-23)20(14-18)27-11-9-26(10-12-27)16-22-25-19-4-2-3-5-21(19)29-22/h2-7,14,24H,8-13,16H2,1H3. The molecule has 2 aromatic carbocycles. The van der Waals surface area contributed by atoms with Crippen molar-refractivity contribution in [2.75, 3.05) is 56.7 Å². The van der Waals surface area contributed by atoms with Crippen LogP contribution >= 0.6 is 11.3 Å². The van der Waals surface area contributed by atoms with Crippen molar-refractivity contribution in [2.24, 2.45) is 0 Å². The lowest BCUT2D eigenvalue weighted by Gasteiger charge is -2.36. The van der Waals surface area contributed by atoms with Gasteiger partial charge in [0.2, 0.25) is 0 Å². The zero-order valence-corrected chi connectivity index (χ0v) is 17.4. The molecule has 0 saturated carbocycles. The predicted molar refractivity (Wildman–Crippen MR) is 119 cm³/mol. The van der Waals surface area contributed by atoms with Gasteiger partial charge in [-0.3, -0.25) is 4.90 Å². The Morgan fingerprint density at radius 3 is 2.76 bits per heavy atom. The first-order chi connectivity index (χ1) is 14.3. The zero-order chi connectivity index (χ0) is 20.1. The average Bonchev–Trinajstić information content (AvgIpc) is 3.17. The fourth-order valence-electron chi connectivity index (χ4n) is 3.62. The number of nitrogens with one attached hydrogen (secondary N) is 1. The van der Waals surface area contributed by atoms with E-state index in [4.69, 9.17) is 9.72 Å². The van der Waals surface area contributed by atoms with Crippen molar-refractivity contribution in [1.29, 1.82) is 5.26 Å². The van der Waals surface area contributed by atoms with Gasteiger partial charge >= 0.3 is 0 Å². The van der Waals surface area contributed by atoms with Crippen molar-refractivity contribution in [1.82, 2.24) is 9.88 Å². The number of ether oxygens (including phenoxy) is 1. The molecule has 0 unspecified atom stereocenters. The number of methoxy groups -OCH3 is 1. The Morgan fingerprint density at radius 1 is 1.17 bits per heavy atom. The minimum atomic E-state index is 0.653. The van der Waals surface area contributed by atoms with E-state index < -0.39 is 0 Å². The van der Waals surface area contributed by atoms with E-state index in [1.807, 2.05) is 18.2 Å². The molecular formula is C22H25N5OS. The number of fused-ring (bicyclic) bond motifs is 1. The molecule has 0 spiro atoms. The Morgan fingerprint density at radius 2 is 2.00 bits per heavy atom. The smallest absolute Gasteiger partial charge is 0.108 e. The highest BCUT2D eigenvalue weighted by molar-refractivity contribution is 7.18. The van der Waals surface area contributed by atoms with Crippen LogP contribution < -0.4 is 10.2 Å². The summed E-state index contributed by atoms with van der Waals surface area (Å²) in [7, 11) is 1.69. The van der Waals surface area contributed by atoms with Crippen molar-refractivity contribution in [3.63, 3.8) is 0 Å². The molecule has 1 N–H and O–H groups in total. The topological polar surface area (TPSA) is 64.4 Å². The van der Waals surface area contributed by atoms with Gasteiger partial charge in [0.25, 0.3) is 0 Å². The van der Waals surface area contributed by atoms with Gasteiger partial charge in [0.15, 0.2) is 0 Å². The monoisotopic (exact) mass is 407 g/mol. The Labute approximate surface area is 175 Å². The molecule has 0 aliphatic carbocycles. The summed E-state index contributed by atoms with van der Waals surface area (Å²) in [5.74, 6) is 0. The summed E-state index contributed by atoms with van der Waals surface area (Å²) < 4.78 is 6.35. The number of hydrogen-bond donors (Lipinski definition) is 1. The van der Waals surface area contributed by atoms with Crippen molar-refractivity contribution in [2.45, 2.75) is 6.54 Å². The number of anilines is 2. The normalized spacial score (nSPS) is 14.8. The van der Waals surface area contributed by atoms with Gasteiger partial charge in [-0.05, 0) is 30.3 Å². The number of para-hydroxylation sites is 1. The largest absolute Gasteiger partial charge is 0.383 e. The predicted octanol–water partition coefficient (Wildman–Crippen LogP) is 3.55. The third kappa shape index (κ3) is 4.67. The third-order valence-corrected chi connectivity index (χ3v) is 6.18. The van der Waals surface area contributed by atoms with Crippen molar-refractivity contribution in [3.8, 4) is 6.07 Å². The summed E-state index contributed by atoms with van der Waals surface area (Å²) in [6, 6.07) is 16.6. The van der Waals surface area contributed by atoms with Crippen molar-refractivity contribution >= 4 is 32.9 Å². The van der Waals surface area contributed by atoms with E-state index >= 15 is 0 Å². The van der Waals surface area contributed by atoms with E-state index in [1.165, 1.54) is 9.71 Å². The van der Waals surface area contributed by atoms with Crippen molar-refractivity contribution < 1.29 is 4.74 Å². The molecule has 1 aliphatic rings. The third-order valence-electron chi connectivity index (χ3n) is 5.16. The van der Waals surface area contributed by atoms with Gasteiger partial charge in [-0.1, -0.05) is 12.1 Å². The van der Waals surface area contributed by atoms with E-state index in [-0.39, 0.29) is 0 Å². The molecule has 1 aliphatic heterocycles. The summed E-state index contributed by atoms with van der Waals surface area (Å²) >= 11 is 1.78. The molecule has 150 valence electrons. The number of aromatic nitrogens is 1. The molecule has 6 nitrogen and oxygen atoms in total. The quantitative estimate of drug-likeness (QED) is 0.605. The van der Waals surface area contributed by atoms with Crippen LogP contribution in [-0.2, 0) is 11.3 Å². The Bertz CT molecular complexity index is 971. The van der Waals surface area contributed by atoms with Crippen molar-refractivity contribution in [3.05, 3.63) is 53.0 Å². The number of benzene rings is 2. The number of rotatable bonds is 7. The van der Waals surface area contributed by atoms with E-state index in [0.717, 1.165) is 61.7 Å². The Kier molecular flexibility index (Phi) is 6.25. The fourth-order valence-corrected chi connectivity index (χ4v) is 4.63. The lowest BCUT2D eigenvalue weighted by atomic mass is 10.1. The molecule has 0 atom stereocenters. The van der Waals surface area contributed by atoms with E-state index in [2.05, 4.69) is 45.5 Å². The summed E-state index contributed by atoms with van der Waals surface area (Å²) in [5.41, 5.74) is 3.84. The van der Waals surface area contributed by atoms with Crippen LogP contribution in [0.4, 0.5) is 11.4 Å². The summed E-state index contributed by atoms with van der Waals surface area (Å²) in [6.45, 7) is 6.01. The molecule has 0 bridgehead atoms. The molecule has 0 radical (unpaired) electrons. The highest BCUT2D eigenvalue weighted by Crippen LogP contribution is 2.27. The molecule has 3 aromatic rings. The van der Waals surface area contributed by atoms with Gasteiger partial charge in [-0.15, -0.1) is 11.3 Å². The van der Waals surface area contributed by atoms with Crippen LogP contribution in [0.5, 0.6) is 0 Å². The van der Waals surface area contributed by atoms with Crippen LogP contribution in [0.1, 0.15) is 10.6 Å². The number of hydrogen-bond acceptors (Lipinski definition) is 7. The molecule has 29 heavy (non-hydrogen) atoms. The van der Waals surface area contributed by atoms with Gasteiger partial charge in [-0.25, -0.2) is 4.98 Å². The van der Waals surface area contributed by atoms with E-state index in [9.17, 15) is 5.26 Å². The van der Waals surface area contributed by atoms with Crippen LogP contribution in [0, 0.1) is 11.3 Å². The fraction of sp³-hybridized carbons (Fsp3) is 0.364. The lowest BCUT2D eigenvalue weighted by Crippen LogP contribution is -2.46. The van der Waals surface area contributed by atoms with Gasteiger partial charge < -0.3 is 15.0 Å². The molecular weight excluding hydrogens is 382 g/mol. The number of nitriles is 1. The molecule has 1 aromatic heterocycles. The first-order valence-electron chi connectivity index (χ1n) is 9.85. The van der Waals surface area contributed by atoms with E-state index in [0.29, 0.717) is 6.61 Å². The van der Waals surface area contributed by atoms with Gasteiger partial charge in [-0.2, -0.15) is 5.26 Å². The van der Waals surface area contributed by atoms with Crippen LogP contribution in [-0.4, -0.2) is 56.3 Å². The molecule has 1 fully saturated rings. The summed E-state index contributed by atoms with van der Waals surface area (Å²) in [5, 5.41) is 14.1. The Hall–Kier alpha value is -2.66. The van der Waals surface area contributed by atoms with Gasteiger partial charge in [0.1, 0.15) is 11.1 Å². The molecule has 1 saturated heterocycles. The molecule has 2 heterocycles. The lowest BCUT2D eigenvalue weighted by molar-refractivity contribution is 0.211. The maximum absolute atomic E-state index is 9.54. The Balaban J connectivity index is 1.39. The van der Waals surface area contributed by atoms with Crippen LogP contribution in [0.3, 0.4) is 0 Å². The van der Waals surface area contributed by atoms with Gasteiger partial charge in [0, 0.05) is 45.5 Å². The molecule has 0 amide bonds. The second kappa shape index (κ2) is 9.23. The van der Waals surface area contributed by atoms with Gasteiger partial charge in [0.05, 0.1) is 34.6 Å². The van der Waals surface area contributed by atoms with Crippen LogP contribution in [0.25, 0.3) is 10.2 Å². The minimum absolute atomic E-state index is 0.653. The van der Waals surface area contributed by atoms with Crippen LogP contribution in [0.2, 0.25) is 0 Å². The first kappa shape index (κ1) is 19.6. The molecule has 7 heteroatoms. The SMILES string of the molecule is COCCNc1ccc(C#N)c(N2CCN(Cc3nc4ccccc4s3)CC2)c1. The highest BCUT2D eigenvalue weighted by Gasteiger charge is 2.20. The first-order valence-corrected chi connectivity index (χ1v) is 10.7. The zero-order valence-electron chi connectivity index (χ0n) is 16.6. The second-order valence-corrected chi connectivity index (χ2v) is 8.22. The number of nitrogens with zero attached hydrogens (tertiary/aromatic N) is 4. The summed E-state index contributed by atoms with van der Waals surface area (Å²) in [4.78, 5) is 9.52. The summed E-state index contributed by atoms with van der Waals surface area (Å²) in [6.07, 6.45) is 0. The number of thiazole rings is 1. The number of piperazine rings is 1. The van der Waals surface area contributed by atoms with E-state index in [1.54, 1.807) is 18.4 Å². The highest BCUT2D eigenvalue weighted by atomic mass is 32.1. The maximum Gasteiger partial charge on any atom is 0.108 e. The maximum atomic E-state index is 9.54.